The Balaban J connectivity index is 1.86. The minimum absolute atomic E-state index is 0.304. The Morgan fingerprint density at radius 1 is 1.17 bits per heavy atom. The summed E-state index contributed by atoms with van der Waals surface area (Å²) in [6.45, 7) is 0. The van der Waals surface area contributed by atoms with E-state index in [1.54, 1.807) is 24.3 Å². The van der Waals surface area contributed by atoms with Crippen molar-refractivity contribution >= 4 is 17.6 Å². The molecule has 0 radical (unpaired) electrons. The lowest BCUT2D eigenvalue weighted by Gasteiger charge is -2.09. The second-order valence-electron chi connectivity index (χ2n) is 5.48. The van der Waals surface area contributed by atoms with E-state index < -0.39 is 5.97 Å². The second-order valence-corrected chi connectivity index (χ2v) is 5.48. The molecule has 2 aromatic rings. The number of carbonyl (C=O) groups is 2. The average molecular weight is 314 g/mol. The van der Waals surface area contributed by atoms with Crippen molar-refractivity contribution in [1.29, 1.82) is 0 Å². The van der Waals surface area contributed by atoms with Crippen LogP contribution in [0.15, 0.2) is 28.8 Å². The first-order valence-electron chi connectivity index (χ1n) is 7.67. The molecule has 0 spiro atoms. The summed E-state index contributed by atoms with van der Waals surface area (Å²) in [7, 11) is 1.30. The predicted molar refractivity (Wildman–Crippen MR) is 83.5 cm³/mol. The van der Waals surface area contributed by atoms with Crippen LogP contribution in [0.25, 0.3) is 0 Å². The highest BCUT2D eigenvalue weighted by atomic mass is 16.5. The Morgan fingerprint density at radius 3 is 2.78 bits per heavy atom. The van der Waals surface area contributed by atoms with E-state index in [1.807, 2.05) is 0 Å². The highest BCUT2D eigenvalue weighted by Gasteiger charge is 2.24. The summed E-state index contributed by atoms with van der Waals surface area (Å²) >= 11 is 0. The number of amides is 1. The minimum Gasteiger partial charge on any atom is -0.465 e. The zero-order chi connectivity index (χ0) is 16.2. The van der Waals surface area contributed by atoms with Gasteiger partial charge in [0.05, 0.1) is 18.4 Å². The van der Waals surface area contributed by atoms with Crippen LogP contribution >= 0.6 is 0 Å². The summed E-state index contributed by atoms with van der Waals surface area (Å²) in [5.74, 6) is -0.0676. The second kappa shape index (κ2) is 6.64. The Bertz CT molecular complexity index is 736. The van der Waals surface area contributed by atoms with Gasteiger partial charge in [0.1, 0.15) is 5.76 Å². The van der Waals surface area contributed by atoms with E-state index in [-0.39, 0.29) is 5.91 Å². The summed E-state index contributed by atoms with van der Waals surface area (Å²) in [4.78, 5) is 24.3. The molecule has 0 atom stereocenters. The topological polar surface area (TPSA) is 81.4 Å². The third-order valence-electron chi connectivity index (χ3n) is 4.00. The number of hydrogen-bond donors (Lipinski definition) is 1. The highest BCUT2D eigenvalue weighted by Crippen LogP contribution is 2.25. The molecule has 1 amide bonds. The molecule has 1 aromatic heterocycles. The molecule has 120 valence electrons. The van der Waals surface area contributed by atoms with E-state index in [1.165, 1.54) is 7.11 Å². The third kappa shape index (κ3) is 3.11. The Labute approximate surface area is 133 Å². The van der Waals surface area contributed by atoms with E-state index in [0.29, 0.717) is 16.9 Å². The van der Waals surface area contributed by atoms with E-state index in [2.05, 4.69) is 10.5 Å². The number of benzene rings is 1. The molecule has 0 saturated heterocycles. The van der Waals surface area contributed by atoms with Gasteiger partial charge < -0.3 is 14.6 Å². The number of ether oxygens (including phenoxy) is 1. The molecule has 23 heavy (non-hydrogen) atoms. The van der Waals surface area contributed by atoms with Gasteiger partial charge in [0, 0.05) is 12.0 Å². The van der Waals surface area contributed by atoms with E-state index in [0.717, 1.165) is 43.4 Å². The lowest BCUT2D eigenvalue weighted by atomic mass is 10.1. The maximum absolute atomic E-state index is 12.5. The molecule has 3 rings (SSSR count). The average Bonchev–Trinajstić information content (AvgIpc) is 2.83. The van der Waals surface area contributed by atoms with E-state index >= 15 is 0 Å². The van der Waals surface area contributed by atoms with Gasteiger partial charge in [0.15, 0.2) is 5.69 Å². The maximum atomic E-state index is 12.5. The summed E-state index contributed by atoms with van der Waals surface area (Å²) in [5.41, 5.74) is 1.89. The van der Waals surface area contributed by atoms with Gasteiger partial charge in [-0.15, -0.1) is 0 Å². The first kappa shape index (κ1) is 15.3. The van der Waals surface area contributed by atoms with Crippen LogP contribution in [0.1, 0.15) is 51.4 Å². The van der Waals surface area contributed by atoms with Gasteiger partial charge in [-0.1, -0.05) is 23.7 Å². The first-order valence-corrected chi connectivity index (χ1v) is 7.67. The van der Waals surface area contributed by atoms with Gasteiger partial charge in [0.2, 0.25) is 0 Å². The van der Waals surface area contributed by atoms with Crippen LogP contribution in [0.5, 0.6) is 0 Å². The standard InChI is InChI=1S/C17H18N2O4/c1-22-17(21)11-7-5-6-9-13(11)18-16(20)15-12-8-3-2-4-10-14(12)23-19-15/h5-7,9H,2-4,8,10H2,1H3,(H,18,20). The van der Waals surface area contributed by atoms with Gasteiger partial charge in [-0.2, -0.15) is 0 Å². The van der Waals surface area contributed by atoms with Crippen LogP contribution in [0.3, 0.4) is 0 Å². The Hall–Kier alpha value is -2.63. The fourth-order valence-electron chi connectivity index (χ4n) is 2.80. The number of nitrogens with zero attached hydrogens (tertiary/aromatic N) is 1. The summed E-state index contributed by atoms with van der Waals surface area (Å²) < 4.78 is 10.1. The van der Waals surface area contributed by atoms with Crippen LogP contribution in [0.4, 0.5) is 5.69 Å². The van der Waals surface area contributed by atoms with Crippen LogP contribution in [-0.4, -0.2) is 24.1 Å². The third-order valence-corrected chi connectivity index (χ3v) is 4.00. The number of rotatable bonds is 3. The molecular weight excluding hydrogens is 296 g/mol. The van der Waals surface area contributed by atoms with Gasteiger partial charge in [-0.05, 0) is 31.4 Å². The SMILES string of the molecule is COC(=O)c1ccccc1NC(=O)c1noc2c1CCCCC2. The van der Waals surface area contributed by atoms with Crippen molar-refractivity contribution in [3.05, 3.63) is 46.8 Å². The number of aryl methyl sites for hydroxylation is 1. The number of carbonyl (C=O) groups excluding carboxylic acids is 2. The monoisotopic (exact) mass is 314 g/mol. The molecule has 1 aromatic carbocycles. The number of methoxy groups -OCH3 is 1. The summed E-state index contributed by atoms with van der Waals surface area (Å²) in [5, 5.41) is 6.66. The fourth-order valence-corrected chi connectivity index (χ4v) is 2.80. The Kier molecular flexibility index (Phi) is 4.41. The lowest BCUT2D eigenvalue weighted by Crippen LogP contribution is -2.17. The molecular formula is C17H18N2O4. The minimum atomic E-state index is -0.500. The number of anilines is 1. The summed E-state index contributed by atoms with van der Waals surface area (Å²) in [6.07, 6.45) is 4.80. The quantitative estimate of drug-likeness (QED) is 0.696. The van der Waals surface area contributed by atoms with Crippen molar-refractivity contribution in [3.8, 4) is 0 Å². The first-order chi connectivity index (χ1) is 11.2. The molecule has 0 unspecified atom stereocenters. The normalized spacial score (nSPS) is 13.8. The molecule has 1 heterocycles. The number of para-hydroxylation sites is 1. The Morgan fingerprint density at radius 2 is 1.96 bits per heavy atom. The van der Waals surface area contributed by atoms with Gasteiger partial charge >= 0.3 is 5.97 Å². The van der Waals surface area contributed by atoms with Crippen LogP contribution in [0, 0.1) is 0 Å². The molecule has 6 nitrogen and oxygen atoms in total. The van der Waals surface area contributed by atoms with Crippen LogP contribution in [0.2, 0.25) is 0 Å². The number of fused-ring (bicyclic) bond motifs is 1. The van der Waals surface area contributed by atoms with Crippen molar-refractivity contribution in [1.82, 2.24) is 5.16 Å². The van der Waals surface area contributed by atoms with Crippen molar-refractivity contribution in [2.24, 2.45) is 0 Å². The molecule has 1 N–H and O–H groups in total. The smallest absolute Gasteiger partial charge is 0.339 e. The van der Waals surface area contributed by atoms with Gasteiger partial charge in [-0.3, -0.25) is 4.79 Å². The van der Waals surface area contributed by atoms with E-state index in [9.17, 15) is 9.59 Å². The van der Waals surface area contributed by atoms with Crippen molar-refractivity contribution in [2.75, 3.05) is 12.4 Å². The highest BCUT2D eigenvalue weighted by molar-refractivity contribution is 6.07. The zero-order valence-corrected chi connectivity index (χ0v) is 12.9. The maximum Gasteiger partial charge on any atom is 0.339 e. The number of esters is 1. The largest absolute Gasteiger partial charge is 0.465 e. The molecule has 0 aliphatic heterocycles. The zero-order valence-electron chi connectivity index (χ0n) is 12.9. The molecule has 0 saturated carbocycles. The molecule has 0 bridgehead atoms. The van der Waals surface area contributed by atoms with Crippen molar-refractivity contribution < 1.29 is 18.8 Å². The number of aromatic nitrogens is 1. The van der Waals surface area contributed by atoms with E-state index in [4.69, 9.17) is 9.26 Å². The van der Waals surface area contributed by atoms with Crippen molar-refractivity contribution in [2.45, 2.75) is 32.1 Å². The lowest BCUT2D eigenvalue weighted by molar-refractivity contribution is 0.0602. The fraction of sp³-hybridized carbons (Fsp3) is 0.353. The number of hydrogen-bond acceptors (Lipinski definition) is 5. The molecule has 6 heteroatoms. The molecule has 1 aliphatic carbocycles. The van der Waals surface area contributed by atoms with Crippen LogP contribution in [-0.2, 0) is 17.6 Å². The number of nitrogens with one attached hydrogen (secondary N) is 1. The van der Waals surface area contributed by atoms with Crippen LogP contribution < -0.4 is 5.32 Å². The predicted octanol–water partition coefficient (Wildman–Crippen LogP) is 2.98. The van der Waals surface area contributed by atoms with Gasteiger partial charge in [0.25, 0.3) is 5.91 Å². The van der Waals surface area contributed by atoms with Gasteiger partial charge in [-0.25, -0.2) is 4.79 Å². The molecule has 0 fully saturated rings. The summed E-state index contributed by atoms with van der Waals surface area (Å²) in [6, 6.07) is 6.71. The molecule has 1 aliphatic rings. The van der Waals surface area contributed by atoms with Crippen molar-refractivity contribution in [3.63, 3.8) is 0 Å².